The van der Waals surface area contributed by atoms with Gasteiger partial charge in [-0.2, -0.15) is 0 Å². The van der Waals surface area contributed by atoms with E-state index in [0.717, 1.165) is 12.6 Å². The van der Waals surface area contributed by atoms with E-state index in [1.807, 2.05) is 11.8 Å². The van der Waals surface area contributed by atoms with Crippen molar-refractivity contribution in [3.8, 4) is 0 Å². The lowest BCUT2D eigenvalue weighted by molar-refractivity contribution is -0.133. The van der Waals surface area contributed by atoms with Crippen LogP contribution in [0, 0.1) is 17.6 Å². The van der Waals surface area contributed by atoms with Crippen molar-refractivity contribution in [3.05, 3.63) is 35.4 Å². The van der Waals surface area contributed by atoms with E-state index >= 15 is 0 Å². The van der Waals surface area contributed by atoms with Crippen LogP contribution in [0.5, 0.6) is 0 Å². The van der Waals surface area contributed by atoms with E-state index in [2.05, 4.69) is 5.32 Å². The molecule has 1 aliphatic carbocycles. The summed E-state index contributed by atoms with van der Waals surface area (Å²) < 4.78 is 26.6. The topological polar surface area (TPSA) is 32.3 Å². The highest BCUT2D eigenvalue weighted by atomic mass is 19.1. The molecule has 2 fully saturated rings. The predicted molar refractivity (Wildman–Crippen MR) is 71.3 cm³/mol. The van der Waals surface area contributed by atoms with Crippen molar-refractivity contribution in [1.82, 2.24) is 10.2 Å². The van der Waals surface area contributed by atoms with E-state index in [0.29, 0.717) is 31.1 Å². The summed E-state index contributed by atoms with van der Waals surface area (Å²) in [6, 6.07) is 3.91. The second kappa shape index (κ2) is 5.13. The third kappa shape index (κ3) is 2.54. The smallest absolute Gasteiger partial charge is 0.226 e. The number of hydrogen-bond acceptors (Lipinski definition) is 2. The van der Waals surface area contributed by atoms with E-state index < -0.39 is 11.6 Å². The average Bonchev–Trinajstić information content (AvgIpc) is 3.18. The molecule has 3 atom stereocenters. The van der Waals surface area contributed by atoms with Gasteiger partial charge >= 0.3 is 0 Å². The fourth-order valence-electron chi connectivity index (χ4n) is 2.98. The van der Waals surface area contributed by atoms with Gasteiger partial charge in [0, 0.05) is 37.7 Å². The monoisotopic (exact) mass is 280 g/mol. The van der Waals surface area contributed by atoms with Gasteiger partial charge in [0.05, 0.1) is 0 Å². The molecule has 108 valence electrons. The summed E-state index contributed by atoms with van der Waals surface area (Å²) >= 11 is 0. The van der Waals surface area contributed by atoms with Gasteiger partial charge in [0.25, 0.3) is 0 Å². The molecule has 1 amide bonds. The number of benzene rings is 1. The van der Waals surface area contributed by atoms with Crippen molar-refractivity contribution in [2.75, 3.05) is 19.6 Å². The Morgan fingerprint density at radius 3 is 2.90 bits per heavy atom. The Morgan fingerprint density at radius 2 is 2.20 bits per heavy atom. The van der Waals surface area contributed by atoms with Gasteiger partial charge in [-0.15, -0.1) is 0 Å². The maximum Gasteiger partial charge on any atom is 0.226 e. The van der Waals surface area contributed by atoms with E-state index in [4.69, 9.17) is 0 Å². The van der Waals surface area contributed by atoms with Crippen LogP contribution in [0.3, 0.4) is 0 Å². The minimum Gasteiger partial charge on any atom is -0.340 e. The van der Waals surface area contributed by atoms with E-state index in [-0.39, 0.29) is 17.7 Å². The number of halogens is 2. The molecule has 2 aliphatic rings. The van der Waals surface area contributed by atoms with Gasteiger partial charge in [0.1, 0.15) is 11.6 Å². The number of nitrogens with one attached hydrogen (secondary N) is 1. The predicted octanol–water partition coefficient (Wildman–Crippen LogP) is 1.89. The molecule has 0 bridgehead atoms. The molecule has 1 heterocycles. The molecular weight excluding hydrogens is 262 g/mol. The Bertz CT molecular complexity index is 535. The lowest BCUT2D eigenvalue weighted by atomic mass is 10.1. The van der Waals surface area contributed by atoms with Crippen LogP contribution in [0.15, 0.2) is 18.2 Å². The summed E-state index contributed by atoms with van der Waals surface area (Å²) in [6.07, 6.45) is 0.666. The van der Waals surface area contributed by atoms with Crippen LogP contribution >= 0.6 is 0 Å². The largest absolute Gasteiger partial charge is 0.340 e. The minimum atomic E-state index is -0.578. The fraction of sp³-hybridized carbons (Fsp3) is 0.533. The Labute approximate surface area is 117 Å². The number of rotatable bonds is 2. The van der Waals surface area contributed by atoms with Gasteiger partial charge in [-0.1, -0.05) is 6.07 Å². The van der Waals surface area contributed by atoms with Gasteiger partial charge < -0.3 is 10.2 Å². The molecule has 1 saturated heterocycles. The number of piperazine rings is 1. The second-order valence-corrected chi connectivity index (χ2v) is 5.75. The van der Waals surface area contributed by atoms with Crippen LogP contribution in [-0.2, 0) is 4.79 Å². The van der Waals surface area contributed by atoms with Gasteiger partial charge in [0.15, 0.2) is 0 Å². The minimum absolute atomic E-state index is 0.0895. The summed E-state index contributed by atoms with van der Waals surface area (Å²) in [4.78, 5) is 14.2. The highest BCUT2D eigenvalue weighted by molar-refractivity contribution is 5.83. The Morgan fingerprint density at radius 1 is 1.40 bits per heavy atom. The summed E-state index contributed by atoms with van der Waals surface area (Å²) in [5.41, 5.74) is 0.466. The van der Waals surface area contributed by atoms with Gasteiger partial charge in [-0.25, -0.2) is 8.78 Å². The number of carbonyl (C=O) groups is 1. The lowest BCUT2D eigenvalue weighted by Crippen LogP contribution is -2.51. The zero-order chi connectivity index (χ0) is 14.3. The molecule has 0 radical (unpaired) electrons. The Hall–Kier alpha value is -1.49. The number of carbonyl (C=O) groups excluding carboxylic acids is 1. The van der Waals surface area contributed by atoms with Gasteiger partial charge in [0.2, 0.25) is 5.91 Å². The molecular formula is C15H18F2N2O. The molecule has 0 spiro atoms. The highest BCUT2D eigenvalue weighted by Gasteiger charge is 2.47. The molecule has 5 heteroatoms. The van der Waals surface area contributed by atoms with Crippen LogP contribution in [0.1, 0.15) is 24.8 Å². The first kappa shape index (κ1) is 13.5. The van der Waals surface area contributed by atoms with Crippen LogP contribution in [0.25, 0.3) is 0 Å². The molecule has 3 rings (SSSR count). The van der Waals surface area contributed by atoms with Crippen molar-refractivity contribution >= 4 is 5.91 Å². The third-order valence-electron chi connectivity index (χ3n) is 4.15. The average molecular weight is 280 g/mol. The molecule has 20 heavy (non-hydrogen) atoms. The molecule has 1 aromatic carbocycles. The van der Waals surface area contributed by atoms with E-state index in [1.165, 1.54) is 12.1 Å². The third-order valence-corrected chi connectivity index (χ3v) is 4.15. The van der Waals surface area contributed by atoms with Crippen LogP contribution in [-0.4, -0.2) is 36.5 Å². The molecule has 0 aromatic heterocycles. The molecule has 3 nitrogen and oxygen atoms in total. The SMILES string of the molecule is CC1CN(C(=O)C2CC2c2ccc(F)cc2F)CCN1. The van der Waals surface area contributed by atoms with Crippen molar-refractivity contribution in [3.63, 3.8) is 0 Å². The van der Waals surface area contributed by atoms with Gasteiger partial charge in [-0.05, 0) is 30.9 Å². The first-order valence-electron chi connectivity index (χ1n) is 7.03. The van der Waals surface area contributed by atoms with Crippen molar-refractivity contribution in [2.24, 2.45) is 5.92 Å². The Kier molecular flexibility index (Phi) is 3.46. The first-order chi connectivity index (χ1) is 9.56. The molecule has 3 unspecified atom stereocenters. The zero-order valence-electron chi connectivity index (χ0n) is 11.4. The van der Waals surface area contributed by atoms with E-state index in [1.54, 1.807) is 0 Å². The number of hydrogen-bond donors (Lipinski definition) is 1. The molecule has 1 N–H and O–H groups in total. The first-order valence-corrected chi connectivity index (χ1v) is 7.03. The lowest BCUT2D eigenvalue weighted by Gasteiger charge is -2.32. The number of nitrogens with zero attached hydrogens (tertiary/aromatic N) is 1. The van der Waals surface area contributed by atoms with E-state index in [9.17, 15) is 13.6 Å². The van der Waals surface area contributed by atoms with Crippen molar-refractivity contribution in [1.29, 1.82) is 0 Å². The van der Waals surface area contributed by atoms with Crippen LogP contribution in [0.2, 0.25) is 0 Å². The maximum atomic E-state index is 13.7. The Balaban J connectivity index is 1.67. The summed E-state index contributed by atoms with van der Waals surface area (Å²) in [5, 5.41) is 3.29. The standard InChI is InChI=1S/C15H18F2N2O/c1-9-8-19(5-4-18-9)15(20)13-7-12(13)11-3-2-10(16)6-14(11)17/h2-3,6,9,12-13,18H,4-5,7-8H2,1H3. The zero-order valence-corrected chi connectivity index (χ0v) is 11.4. The maximum absolute atomic E-state index is 13.7. The summed E-state index contributed by atoms with van der Waals surface area (Å²) in [5.74, 6) is -1.25. The highest BCUT2D eigenvalue weighted by Crippen LogP contribution is 2.49. The second-order valence-electron chi connectivity index (χ2n) is 5.75. The number of amides is 1. The van der Waals surface area contributed by atoms with Crippen LogP contribution < -0.4 is 5.32 Å². The summed E-state index contributed by atoms with van der Waals surface area (Å²) in [6.45, 7) is 4.25. The normalized spacial score (nSPS) is 29.4. The quantitative estimate of drug-likeness (QED) is 0.897. The molecule has 1 saturated carbocycles. The van der Waals surface area contributed by atoms with Gasteiger partial charge in [-0.3, -0.25) is 4.79 Å². The summed E-state index contributed by atoms with van der Waals surface area (Å²) in [7, 11) is 0. The molecule has 1 aliphatic heterocycles. The van der Waals surface area contributed by atoms with Crippen LogP contribution in [0.4, 0.5) is 8.78 Å². The van der Waals surface area contributed by atoms with Crippen molar-refractivity contribution < 1.29 is 13.6 Å². The molecule has 1 aromatic rings. The fourth-order valence-corrected chi connectivity index (χ4v) is 2.98. The van der Waals surface area contributed by atoms with Crippen molar-refractivity contribution in [2.45, 2.75) is 25.3 Å².